The molecule has 0 radical (unpaired) electrons. The number of hydrogen-bond acceptors (Lipinski definition) is 6. The van der Waals surface area contributed by atoms with Crippen LogP contribution < -0.4 is 21.3 Å². The first kappa shape index (κ1) is 14.6. The highest BCUT2D eigenvalue weighted by molar-refractivity contribution is 6.03. The van der Waals surface area contributed by atoms with Crippen molar-refractivity contribution in [2.45, 2.75) is 6.61 Å². The Labute approximate surface area is 118 Å². The molecule has 0 aliphatic heterocycles. The minimum absolute atomic E-state index is 0.0303. The molecule has 4 N–H and O–H groups in total. The third-order valence-electron chi connectivity index (χ3n) is 2.37. The number of amides is 1. The highest BCUT2D eigenvalue weighted by Gasteiger charge is 2.14. The molecule has 0 saturated heterocycles. The van der Waals surface area contributed by atoms with Crippen molar-refractivity contribution < 1.29 is 18.3 Å². The van der Waals surface area contributed by atoms with Gasteiger partial charge in [-0.25, -0.2) is 10.8 Å². The van der Waals surface area contributed by atoms with Crippen LogP contribution in [-0.4, -0.2) is 22.5 Å². The Morgan fingerprint density at radius 2 is 2.05 bits per heavy atom. The summed E-state index contributed by atoms with van der Waals surface area (Å²) in [6.07, 6.45) is 2.54. The molecule has 9 heteroatoms. The third-order valence-corrected chi connectivity index (χ3v) is 2.37. The number of nitrogens with zero attached hydrogens (tertiary/aromatic N) is 2. The van der Waals surface area contributed by atoms with Gasteiger partial charge in [0.2, 0.25) is 0 Å². The van der Waals surface area contributed by atoms with E-state index in [0.29, 0.717) is 0 Å². The fraction of sp³-hybridized carbons (Fsp3) is 0.0833. The summed E-state index contributed by atoms with van der Waals surface area (Å²) in [4.78, 5) is 19.6. The number of halogens is 2. The lowest BCUT2D eigenvalue weighted by Crippen LogP contribution is -2.17. The van der Waals surface area contributed by atoms with Crippen LogP contribution in [0.2, 0.25) is 0 Å². The van der Waals surface area contributed by atoms with E-state index < -0.39 is 12.5 Å². The van der Waals surface area contributed by atoms with Crippen LogP contribution in [0.25, 0.3) is 0 Å². The van der Waals surface area contributed by atoms with Gasteiger partial charge in [-0.15, -0.1) is 0 Å². The maximum Gasteiger partial charge on any atom is 0.387 e. The van der Waals surface area contributed by atoms with Gasteiger partial charge >= 0.3 is 6.61 Å². The SMILES string of the molecule is NNc1cncc(C(=O)Nc2ccccc2OC(F)F)n1. The van der Waals surface area contributed by atoms with E-state index in [-0.39, 0.29) is 22.9 Å². The second-order valence-electron chi connectivity index (χ2n) is 3.76. The molecule has 1 aromatic heterocycles. The third kappa shape index (κ3) is 3.83. The number of anilines is 2. The largest absolute Gasteiger partial charge is 0.433 e. The molecule has 21 heavy (non-hydrogen) atoms. The summed E-state index contributed by atoms with van der Waals surface area (Å²) in [7, 11) is 0. The summed E-state index contributed by atoms with van der Waals surface area (Å²) in [6.45, 7) is -2.99. The number of nitrogens with two attached hydrogens (primary N) is 1. The molecule has 0 aliphatic carbocycles. The van der Waals surface area contributed by atoms with Crippen LogP contribution in [0.3, 0.4) is 0 Å². The molecule has 2 aromatic rings. The van der Waals surface area contributed by atoms with Gasteiger partial charge in [-0.1, -0.05) is 12.1 Å². The molecule has 0 saturated carbocycles. The van der Waals surface area contributed by atoms with E-state index in [9.17, 15) is 13.6 Å². The predicted octanol–water partition coefficient (Wildman–Crippen LogP) is 1.62. The molecular formula is C12H11F2N5O2. The van der Waals surface area contributed by atoms with E-state index >= 15 is 0 Å². The van der Waals surface area contributed by atoms with Gasteiger partial charge in [0.1, 0.15) is 11.4 Å². The number of nitrogens with one attached hydrogen (secondary N) is 2. The van der Waals surface area contributed by atoms with Crippen molar-refractivity contribution in [2.24, 2.45) is 5.84 Å². The van der Waals surface area contributed by atoms with E-state index in [1.54, 1.807) is 6.07 Å². The van der Waals surface area contributed by atoms with Gasteiger partial charge < -0.3 is 15.5 Å². The highest BCUT2D eigenvalue weighted by Crippen LogP contribution is 2.25. The van der Waals surface area contributed by atoms with Crippen LogP contribution in [0.5, 0.6) is 5.75 Å². The topological polar surface area (TPSA) is 102 Å². The molecule has 0 unspecified atom stereocenters. The number of aromatic nitrogens is 2. The Hall–Kier alpha value is -2.81. The van der Waals surface area contributed by atoms with Crippen molar-refractivity contribution in [3.05, 3.63) is 42.4 Å². The molecule has 1 heterocycles. The van der Waals surface area contributed by atoms with Gasteiger partial charge in [-0.2, -0.15) is 8.78 Å². The van der Waals surface area contributed by atoms with Crippen molar-refractivity contribution in [1.29, 1.82) is 0 Å². The van der Waals surface area contributed by atoms with Gasteiger partial charge in [0.05, 0.1) is 18.1 Å². The summed E-state index contributed by atoms with van der Waals surface area (Å²) < 4.78 is 28.9. The second kappa shape index (κ2) is 6.57. The Morgan fingerprint density at radius 3 is 2.76 bits per heavy atom. The summed E-state index contributed by atoms with van der Waals surface area (Å²) in [5.41, 5.74) is 2.31. The smallest absolute Gasteiger partial charge is 0.387 e. The van der Waals surface area contributed by atoms with Crippen molar-refractivity contribution in [3.63, 3.8) is 0 Å². The van der Waals surface area contributed by atoms with Crippen LogP contribution in [-0.2, 0) is 0 Å². The number of carbonyl (C=O) groups is 1. The summed E-state index contributed by atoms with van der Waals surface area (Å²) in [6, 6.07) is 5.81. The summed E-state index contributed by atoms with van der Waals surface area (Å²) >= 11 is 0. The lowest BCUT2D eigenvalue weighted by Gasteiger charge is -2.11. The van der Waals surface area contributed by atoms with Crippen LogP contribution in [0.15, 0.2) is 36.7 Å². The summed E-state index contributed by atoms with van der Waals surface area (Å²) in [5, 5.41) is 2.42. The van der Waals surface area contributed by atoms with E-state index in [1.807, 2.05) is 0 Å². The molecule has 110 valence electrons. The molecule has 0 bridgehead atoms. The molecule has 0 fully saturated rings. The van der Waals surface area contributed by atoms with E-state index in [2.05, 4.69) is 25.4 Å². The van der Waals surface area contributed by atoms with Gasteiger partial charge in [0.15, 0.2) is 5.82 Å². The monoisotopic (exact) mass is 295 g/mol. The standard InChI is InChI=1S/C12H11F2N5O2/c13-12(14)21-9-4-2-1-3-7(9)18-11(20)8-5-16-6-10(17-8)19-15/h1-6,12H,15H2,(H,17,19)(H,18,20). The predicted molar refractivity (Wildman–Crippen MR) is 70.9 cm³/mol. The highest BCUT2D eigenvalue weighted by atomic mass is 19.3. The Bertz CT molecular complexity index is 639. The lowest BCUT2D eigenvalue weighted by atomic mass is 10.3. The van der Waals surface area contributed by atoms with Crippen LogP contribution >= 0.6 is 0 Å². The minimum atomic E-state index is -2.99. The number of hydrogen-bond donors (Lipinski definition) is 3. The fourth-order valence-electron chi connectivity index (χ4n) is 1.50. The molecule has 0 atom stereocenters. The molecule has 0 aliphatic rings. The van der Waals surface area contributed by atoms with Crippen molar-refractivity contribution in [3.8, 4) is 5.75 Å². The van der Waals surface area contributed by atoms with E-state index in [4.69, 9.17) is 5.84 Å². The number of hydrazine groups is 1. The first-order valence-corrected chi connectivity index (χ1v) is 5.74. The normalized spacial score (nSPS) is 10.3. The maximum atomic E-state index is 12.3. The first-order valence-electron chi connectivity index (χ1n) is 5.74. The van der Waals surface area contributed by atoms with Gasteiger partial charge in [-0.3, -0.25) is 9.78 Å². The molecule has 1 aromatic carbocycles. The maximum absolute atomic E-state index is 12.3. The lowest BCUT2D eigenvalue weighted by molar-refractivity contribution is -0.0493. The van der Waals surface area contributed by atoms with Gasteiger partial charge in [0, 0.05) is 0 Å². The van der Waals surface area contributed by atoms with Gasteiger partial charge in [-0.05, 0) is 12.1 Å². The zero-order valence-corrected chi connectivity index (χ0v) is 10.6. The van der Waals surface area contributed by atoms with Crippen LogP contribution in [0.4, 0.5) is 20.3 Å². The number of carbonyl (C=O) groups excluding carboxylic acids is 1. The van der Waals surface area contributed by atoms with Crippen LogP contribution in [0, 0.1) is 0 Å². The van der Waals surface area contributed by atoms with E-state index in [0.717, 1.165) is 0 Å². The molecular weight excluding hydrogens is 284 g/mol. The quantitative estimate of drug-likeness (QED) is 0.572. The number of alkyl halides is 2. The number of rotatable bonds is 5. The Morgan fingerprint density at radius 1 is 1.29 bits per heavy atom. The molecule has 2 rings (SSSR count). The zero-order chi connectivity index (χ0) is 15.2. The van der Waals surface area contributed by atoms with Crippen molar-refractivity contribution >= 4 is 17.4 Å². The van der Waals surface area contributed by atoms with Crippen molar-refractivity contribution in [1.82, 2.24) is 9.97 Å². The number of benzene rings is 1. The minimum Gasteiger partial charge on any atom is -0.433 e. The van der Waals surface area contributed by atoms with Gasteiger partial charge in [0.25, 0.3) is 5.91 Å². The molecule has 7 nitrogen and oxygen atoms in total. The molecule has 1 amide bonds. The fourth-order valence-corrected chi connectivity index (χ4v) is 1.50. The first-order chi connectivity index (χ1) is 10.1. The molecule has 0 spiro atoms. The second-order valence-corrected chi connectivity index (χ2v) is 3.76. The average molecular weight is 295 g/mol. The summed E-state index contributed by atoms with van der Waals surface area (Å²) in [5.74, 6) is 4.57. The number of ether oxygens (including phenoxy) is 1. The van der Waals surface area contributed by atoms with Crippen molar-refractivity contribution in [2.75, 3.05) is 10.7 Å². The average Bonchev–Trinajstić information content (AvgIpc) is 2.48. The Balaban J connectivity index is 2.19. The number of nitrogen functional groups attached to an aromatic ring is 1. The zero-order valence-electron chi connectivity index (χ0n) is 10.6. The Kier molecular flexibility index (Phi) is 4.57. The van der Waals surface area contributed by atoms with Crippen LogP contribution in [0.1, 0.15) is 10.5 Å². The van der Waals surface area contributed by atoms with E-state index in [1.165, 1.54) is 30.6 Å². The number of para-hydroxylation sites is 2.